The molecule has 6 heteroatoms. The van der Waals surface area contributed by atoms with Gasteiger partial charge in [0.25, 0.3) is 0 Å². The SMILES string of the molecule is C.C#CC.CC(C)=N.CN.CNC.CNC.CO.CS. The molecule has 0 aromatic heterocycles. The van der Waals surface area contributed by atoms with E-state index < -0.39 is 0 Å². The fourth-order valence-corrected chi connectivity index (χ4v) is 0. The van der Waals surface area contributed by atoms with Gasteiger partial charge in [0, 0.05) is 12.8 Å². The molecule has 0 aliphatic heterocycles. The van der Waals surface area contributed by atoms with Crippen LogP contribution < -0.4 is 16.4 Å². The number of terminal acetylenes is 1. The van der Waals surface area contributed by atoms with Crippen molar-refractivity contribution in [2.45, 2.75) is 28.2 Å². The molecule has 0 aromatic carbocycles. The van der Waals surface area contributed by atoms with Crippen LogP contribution >= 0.6 is 12.6 Å². The summed E-state index contributed by atoms with van der Waals surface area (Å²) in [5.74, 6) is 2.25. The van der Waals surface area contributed by atoms with Crippen molar-refractivity contribution in [3.05, 3.63) is 0 Å². The van der Waals surface area contributed by atoms with Crippen molar-refractivity contribution < 1.29 is 5.11 Å². The lowest BCUT2D eigenvalue weighted by Crippen LogP contribution is -1.89. The third-order valence-corrected chi connectivity index (χ3v) is 0. The number of thiol groups is 1. The molecule has 0 aliphatic rings. The fraction of sp³-hybridized carbons (Fsp3) is 0.786. The highest BCUT2D eigenvalue weighted by atomic mass is 32.1. The van der Waals surface area contributed by atoms with Crippen molar-refractivity contribution in [2.24, 2.45) is 5.73 Å². The highest BCUT2D eigenvalue weighted by molar-refractivity contribution is 7.79. The molecule has 5 nitrogen and oxygen atoms in total. The summed E-state index contributed by atoms with van der Waals surface area (Å²) in [4.78, 5) is 0. The maximum Gasteiger partial charge on any atom is 0.0319 e. The lowest BCUT2D eigenvalue weighted by Gasteiger charge is -1.63. The quantitative estimate of drug-likeness (QED) is 0.233. The smallest absolute Gasteiger partial charge is 0.0319 e. The molecule has 0 radical (unpaired) electrons. The second kappa shape index (κ2) is 190. The minimum Gasteiger partial charge on any atom is -0.400 e. The molecule has 0 heterocycles. The van der Waals surface area contributed by atoms with Crippen LogP contribution in [0, 0.1) is 17.8 Å². The van der Waals surface area contributed by atoms with Gasteiger partial charge in [-0.1, -0.05) is 7.43 Å². The molecular weight excluding hydrogens is 272 g/mol. The average Bonchev–Trinajstić information content (AvgIpc) is 2.38. The Kier molecular flexibility index (Phi) is 481. The number of rotatable bonds is 0. The van der Waals surface area contributed by atoms with Crippen molar-refractivity contribution >= 4 is 18.3 Å². The summed E-state index contributed by atoms with van der Waals surface area (Å²) in [6, 6.07) is 0. The van der Waals surface area contributed by atoms with E-state index in [-0.39, 0.29) is 7.43 Å². The first-order chi connectivity index (χ1) is 8.97. The van der Waals surface area contributed by atoms with Gasteiger partial charge in [0.2, 0.25) is 0 Å². The molecule has 0 amide bonds. The summed E-state index contributed by atoms with van der Waals surface area (Å²) < 4.78 is 0. The Morgan fingerprint density at radius 2 is 1.05 bits per heavy atom. The fourth-order valence-electron chi connectivity index (χ4n) is 0. The number of hydrogen-bond acceptors (Lipinski definition) is 6. The van der Waals surface area contributed by atoms with Gasteiger partial charge in [0.1, 0.15) is 0 Å². The molecule has 6 N–H and O–H groups in total. The van der Waals surface area contributed by atoms with Crippen molar-refractivity contribution in [3.8, 4) is 12.3 Å². The molecule has 0 atom stereocenters. The number of hydrogen-bond donors (Lipinski definition) is 6. The largest absolute Gasteiger partial charge is 0.400 e. The maximum absolute atomic E-state index is 7.00. The van der Waals surface area contributed by atoms with Crippen LogP contribution in [0.25, 0.3) is 0 Å². The van der Waals surface area contributed by atoms with Crippen LogP contribution in [0.1, 0.15) is 28.2 Å². The van der Waals surface area contributed by atoms with Gasteiger partial charge in [-0.25, -0.2) is 0 Å². The van der Waals surface area contributed by atoms with Gasteiger partial charge >= 0.3 is 0 Å². The van der Waals surface area contributed by atoms with E-state index in [1.165, 1.54) is 7.05 Å². The van der Waals surface area contributed by atoms with Crippen LogP contribution in [0.2, 0.25) is 0 Å². The second-order valence-electron chi connectivity index (χ2n) is 2.29. The standard InChI is InChI=1S/C3H7N.C3H4.2C2H7N.CH5N.CH4O.CH4S.CH4/c1-3(2)4;3*1-3-2;3*1-2;/h4H,1-2H3;1H,2H3;2*3H,1-2H3;2H2,1H3;2*2H,1H3;1H4. The van der Waals surface area contributed by atoms with Crippen molar-refractivity contribution in [1.29, 1.82) is 5.41 Å². The Morgan fingerprint density at radius 3 is 1.05 bits per heavy atom. The third-order valence-electron chi connectivity index (χ3n) is 0. The lowest BCUT2D eigenvalue weighted by molar-refractivity contribution is 0.399. The number of nitrogens with two attached hydrogens (primary N) is 1. The highest BCUT2D eigenvalue weighted by Crippen LogP contribution is 1.52. The van der Waals surface area contributed by atoms with Crippen LogP contribution in [0.5, 0.6) is 0 Å². The first kappa shape index (κ1) is 50.5. The van der Waals surface area contributed by atoms with E-state index in [2.05, 4.69) is 41.3 Å². The van der Waals surface area contributed by atoms with Crippen molar-refractivity contribution in [2.75, 3.05) is 48.6 Å². The predicted octanol–water partition coefficient (Wildman–Crippen LogP) is 1.72. The topological polar surface area (TPSA) is 94.2 Å². The molecule has 0 spiro atoms. The summed E-state index contributed by atoms with van der Waals surface area (Å²) in [6.07, 6.45) is 6.29. The maximum atomic E-state index is 7.00. The molecule has 0 rings (SSSR count). The Morgan fingerprint density at radius 1 is 1.05 bits per heavy atom. The molecular formula is C14H42N4OS. The molecule has 0 unspecified atom stereocenters. The summed E-state index contributed by atoms with van der Waals surface area (Å²) in [7, 11) is 10.0. The van der Waals surface area contributed by atoms with Crippen LogP contribution in [0.3, 0.4) is 0 Å². The minimum absolute atomic E-state index is 0. The Balaban J connectivity index is -0.0000000141. The van der Waals surface area contributed by atoms with E-state index in [1.807, 2.05) is 28.2 Å². The van der Waals surface area contributed by atoms with Gasteiger partial charge in [-0.3, -0.25) is 0 Å². The number of nitrogens with one attached hydrogen (secondary N) is 3. The zero-order valence-electron chi connectivity index (χ0n) is 14.5. The van der Waals surface area contributed by atoms with Crippen LogP contribution in [0.15, 0.2) is 0 Å². The molecule has 0 fully saturated rings. The van der Waals surface area contributed by atoms with Gasteiger partial charge in [-0.2, -0.15) is 12.6 Å². The van der Waals surface area contributed by atoms with Crippen molar-refractivity contribution in [3.63, 3.8) is 0 Å². The molecule has 0 aliphatic carbocycles. The first-order valence-corrected chi connectivity index (χ1v) is 6.40. The highest BCUT2D eigenvalue weighted by Gasteiger charge is 1.55. The first-order valence-electron chi connectivity index (χ1n) is 5.51. The van der Waals surface area contributed by atoms with E-state index in [0.717, 1.165) is 7.11 Å². The molecule has 20 heavy (non-hydrogen) atoms. The van der Waals surface area contributed by atoms with E-state index in [4.69, 9.17) is 10.5 Å². The molecule has 130 valence electrons. The zero-order valence-corrected chi connectivity index (χ0v) is 15.4. The normalized spacial score (nSPS) is 4.40. The van der Waals surface area contributed by atoms with E-state index >= 15 is 0 Å². The Hall–Kier alpha value is -0.580. The third kappa shape index (κ3) is 14000. The molecule has 0 aromatic rings. The van der Waals surface area contributed by atoms with Crippen LogP contribution in [-0.2, 0) is 0 Å². The van der Waals surface area contributed by atoms with E-state index in [9.17, 15) is 0 Å². The predicted molar refractivity (Wildman–Crippen MR) is 103 cm³/mol. The summed E-state index contributed by atoms with van der Waals surface area (Å²) >= 11 is 3.53. The van der Waals surface area contributed by atoms with Gasteiger partial charge in [-0.05, 0) is 62.3 Å². The van der Waals surface area contributed by atoms with Gasteiger partial charge in [0.15, 0.2) is 0 Å². The monoisotopic (exact) mass is 314 g/mol. The van der Waals surface area contributed by atoms with Gasteiger partial charge in [0.05, 0.1) is 0 Å². The average molecular weight is 315 g/mol. The lowest BCUT2D eigenvalue weighted by atomic mass is 10.5. The second-order valence-corrected chi connectivity index (χ2v) is 2.29. The van der Waals surface area contributed by atoms with Crippen molar-refractivity contribution in [1.82, 2.24) is 10.6 Å². The zero-order chi connectivity index (χ0) is 17.7. The Labute approximate surface area is 135 Å². The Bertz CT molecular complexity index is 112. The van der Waals surface area contributed by atoms with Gasteiger partial charge in [-0.15, -0.1) is 12.3 Å². The summed E-state index contributed by atoms with van der Waals surface area (Å²) in [5, 5.41) is 19.0. The van der Waals surface area contributed by atoms with E-state index in [1.54, 1.807) is 27.0 Å². The molecule has 0 saturated carbocycles. The van der Waals surface area contributed by atoms with Gasteiger partial charge < -0.3 is 26.9 Å². The number of aliphatic hydroxyl groups is 1. The van der Waals surface area contributed by atoms with Crippen LogP contribution in [-0.4, -0.2) is 59.4 Å². The summed E-state index contributed by atoms with van der Waals surface area (Å²) in [5.41, 5.74) is 5.17. The number of aliphatic hydroxyl groups excluding tert-OH is 1. The minimum atomic E-state index is 0. The van der Waals surface area contributed by atoms with E-state index in [0.29, 0.717) is 5.71 Å². The molecule has 0 bridgehead atoms. The summed E-state index contributed by atoms with van der Waals surface area (Å²) in [6.45, 7) is 5.15. The van der Waals surface area contributed by atoms with Crippen LogP contribution in [0.4, 0.5) is 0 Å². The molecule has 0 saturated heterocycles.